The number of hydrogen-bond acceptors (Lipinski definition) is 0. The summed E-state index contributed by atoms with van der Waals surface area (Å²) in [5.74, 6) is 0. The second-order valence-electron chi connectivity index (χ2n) is 1.72. The third kappa shape index (κ3) is 2.66. The molecule has 0 aromatic heterocycles. The molecule has 0 saturated carbocycles. The van der Waals surface area contributed by atoms with E-state index in [1.807, 2.05) is 0 Å². The van der Waals surface area contributed by atoms with Crippen molar-refractivity contribution >= 4 is 69.6 Å². The predicted octanol–water partition coefficient (Wildman–Crippen LogP) is 4.32. The standard InChI is InChI=1S/C4H3Cl6/c1-3(7,8)4(9,10)2(5)6/h1H3. The molecule has 0 rings (SSSR count). The van der Waals surface area contributed by atoms with Gasteiger partial charge in [0.25, 0.3) is 0 Å². The van der Waals surface area contributed by atoms with E-state index in [0.29, 0.717) is 0 Å². The third-order valence-corrected chi connectivity index (χ3v) is 3.83. The summed E-state index contributed by atoms with van der Waals surface area (Å²) in [6, 6.07) is 0. The van der Waals surface area contributed by atoms with Crippen molar-refractivity contribution in [3.63, 3.8) is 0 Å². The molecule has 0 N–H and O–H groups in total. The highest BCUT2D eigenvalue weighted by molar-refractivity contribution is 6.71. The summed E-state index contributed by atoms with van der Waals surface area (Å²) in [5.41, 5.74) is 0. The molecule has 10 heavy (non-hydrogen) atoms. The van der Waals surface area contributed by atoms with Crippen LogP contribution in [-0.2, 0) is 0 Å². The van der Waals surface area contributed by atoms with Crippen molar-refractivity contribution in [2.75, 3.05) is 0 Å². The molecule has 6 heteroatoms. The van der Waals surface area contributed by atoms with Crippen molar-refractivity contribution in [2.45, 2.75) is 15.6 Å². The monoisotopic (exact) mass is 261 g/mol. The van der Waals surface area contributed by atoms with Gasteiger partial charge in [-0.05, 0) is 6.92 Å². The lowest BCUT2D eigenvalue weighted by Crippen LogP contribution is -2.35. The van der Waals surface area contributed by atoms with E-state index in [2.05, 4.69) is 0 Å². The second-order valence-corrected chi connectivity index (χ2v) is 5.71. The van der Waals surface area contributed by atoms with Crippen LogP contribution in [-0.4, -0.2) is 8.67 Å². The van der Waals surface area contributed by atoms with Crippen molar-refractivity contribution in [2.24, 2.45) is 0 Å². The Kier molecular flexibility index (Phi) is 4.27. The zero-order valence-corrected chi connectivity index (χ0v) is 9.30. The van der Waals surface area contributed by atoms with E-state index in [1.54, 1.807) is 0 Å². The Bertz CT molecular complexity index is 111. The zero-order chi connectivity index (χ0) is 8.58. The van der Waals surface area contributed by atoms with Crippen LogP contribution in [0.1, 0.15) is 6.92 Å². The maximum atomic E-state index is 5.55. The highest BCUT2D eigenvalue weighted by atomic mass is 35.5. The van der Waals surface area contributed by atoms with Gasteiger partial charge in [0.2, 0.25) is 0 Å². The summed E-state index contributed by atoms with van der Waals surface area (Å²) >= 11 is 32.8. The molecule has 1 radical (unpaired) electrons. The van der Waals surface area contributed by atoms with Gasteiger partial charge in [-0.3, -0.25) is 0 Å². The van der Waals surface area contributed by atoms with Crippen LogP contribution in [0.3, 0.4) is 0 Å². The van der Waals surface area contributed by atoms with Crippen LogP contribution < -0.4 is 0 Å². The lowest BCUT2D eigenvalue weighted by molar-refractivity contribution is 0.798. The van der Waals surface area contributed by atoms with E-state index in [1.165, 1.54) is 6.92 Å². The lowest BCUT2D eigenvalue weighted by atomic mass is 10.3. The fourth-order valence-corrected chi connectivity index (χ4v) is 0.926. The smallest absolute Gasteiger partial charge is 0.0985 e. The quantitative estimate of drug-likeness (QED) is 0.651. The maximum Gasteiger partial charge on any atom is 0.189 e. The van der Waals surface area contributed by atoms with E-state index in [9.17, 15) is 0 Å². The minimum Gasteiger partial charge on any atom is -0.0985 e. The van der Waals surface area contributed by atoms with Crippen LogP contribution >= 0.6 is 69.6 Å². The lowest BCUT2D eigenvalue weighted by Gasteiger charge is -2.29. The average molecular weight is 264 g/mol. The van der Waals surface area contributed by atoms with E-state index in [-0.39, 0.29) is 4.84 Å². The van der Waals surface area contributed by atoms with Crippen LogP contribution in [0.25, 0.3) is 0 Å². The first-order valence-corrected chi connectivity index (χ1v) is 4.40. The topological polar surface area (TPSA) is 0 Å². The van der Waals surface area contributed by atoms with Crippen molar-refractivity contribution < 1.29 is 0 Å². The molecular weight excluding hydrogens is 261 g/mol. The van der Waals surface area contributed by atoms with Gasteiger partial charge in [0.1, 0.15) is 0 Å². The molecule has 0 amide bonds. The van der Waals surface area contributed by atoms with Gasteiger partial charge in [-0.2, -0.15) is 0 Å². The van der Waals surface area contributed by atoms with Crippen LogP contribution in [0.15, 0.2) is 0 Å². The molecule has 0 unspecified atom stereocenters. The number of rotatable bonds is 2. The molecule has 0 aliphatic rings. The van der Waals surface area contributed by atoms with Gasteiger partial charge in [0, 0.05) is 0 Å². The van der Waals surface area contributed by atoms with Gasteiger partial charge in [0.15, 0.2) is 13.5 Å². The van der Waals surface area contributed by atoms with Gasteiger partial charge in [-0.25, -0.2) is 0 Å². The van der Waals surface area contributed by atoms with Crippen molar-refractivity contribution in [3.05, 3.63) is 4.84 Å². The first-order chi connectivity index (χ1) is 4.19. The summed E-state index contributed by atoms with van der Waals surface area (Å²) in [6.07, 6.45) is 0. The minimum atomic E-state index is -1.64. The highest BCUT2D eigenvalue weighted by Crippen LogP contribution is 2.51. The largest absolute Gasteiger partial charge is 0.189 e. The normalized spacial score (nSPS) is 14.4. The SMILES string of the molecule is CC(Cl)(Cl)C(Cl)(Cl)[C](Cl)Cl. The van der Waals surface area contributed by atoms with Gasteiger partial charge in [0.05, 0.1) is 0 Å². The maximum absolute atomic E-state index is 5.55. The molecule has 0 aliphatic heterocycles. The minimum absolute atomic E-state index is 0.275. The molecule has 61 valence electrons. The van der Waals surface area contributed by atoms with Gasteiger partial charge >= 0.3 is 0 Å². The molecule has 0 aromatic carbocycles. The van der Waals surface area contributed by atoms with E-state index in [0.717, 1.165) is 0 Å². The number of halogens is 6. The summed E-state index contributed by atoms with van der Waals surface area (Å²) in [5, 5.41) is 0. The van der Waals surface area contributed by atoms with Crippen LogP contribution in [0.2, 0.25) is 0 Å². The predicted molar refractivity (Wildman–Crippen MR) is 49.5 cm³/mol. The van der Waals surface area contributed by atoms with Gasteiger partial charge in [-0.1, -0.05) is 69.6 Å². The van der Waals surface area contributed by atoms with Crippen molar-refractivity contribution in [1.82, 2.24) is 0 Å². The second kappa shape index (κ2) is 3.64. The summed E-state index contributed by atoms with van der Waals surface area (Å²) in [7, 11) is 0. The molecule has 0 saturated heterocycles. The van der Waals surface area contributed by atoms with E-state index >= 15 is 0 Å². The van der Waals surface area contributed by atoms with Crippen LogP contribution in [0.5, 0.6) is 0 Å². The fraction of sp³-hybridized carbons (Fsp3) is 0.750. The van der Waals surface area contributed by atoms with E-state index in [4.69, 9.17) is 69.6 Å². The molecule has 0 atom stereocenters. The molecule has 0 aromatic rings. The molecule has 0 aliphatic carbocycles. The van der Waals surface area contributed by atoms with Gasteiger partial charge < -0.3 is 0 Å². The molecular formula is C4H3Cl6. The van der Waals surface area contributed by atoms with Crippen molar-refractivity contribution in [3.8, 4) is 0 Å². The third-order valence-electron chi connectivity index (χ3n) is 0.789. The van der Waals surface area contributed by atoms with Crippen LogP contribution in [0, 0.1) is 4.84 Å². The summed E-state index contributed by atoms with van der Waals surface area (Å²) in [4.78, 5) is -0.275. The molecule has 0 heterocycles. The Morgan fingerprint density at radius 2 is 1.30 bits per heavy atom. The first-order valence-electron chi connectivity index (χ1n) is 2.13. The summed E-state index contributed by atoms with van der Waals surface area (Å²) < 4.78 is -3.05. The Hall–Kier alpha value is 1.74. The molecule has 0 nitrogen and oxygen atoms in total. The Morgan fingerprint density at radius 1 is 1.00 bits per heavy atom. The zero-order valence-electron chi connectivity index (χ0n) is 4.77. The van der Waals surface area contributed by atoms with Crippen molar-refractivity contribution in [1.29, 1.82) is 0 Å². The first kappa shape index (κ1) is 11.7. The van der Waals surface area contributed by atoms with Gasteiger partial charge in [-0.15, -0.1) is 0 Å². The Labute approximate surface area is 89.7 Å². The Balaban J connectivity index is 4.40. The van der Waals surface area contributed by atoms with E-state index < -0.39 is 8.67 Å². The number of hydrogen-bond donors (Lipinski definition) is 0. The number of alkyl halides is 4. The molecule has 0 fully saturated rings. The highest BCUT2D eigenvalue weighted by Gasteiger charge is 2.49. The Morgan fingerprint density at radius 3 is 1.30 bits per heavy atom. The fourth-order valence-electron chi connectivity index (χ4n) is 0.166. The average Bonchev–Trinajstić information content (AvgIpc) is 1.62. The summed E-state index contributed by atoms with van der Waals surface area (Å²) in [6.45, 7) is 1.39. The molecule has 0 bridgehead atoms. The molecule has 0 spiro atoms. The van der Waals surface area contributed by atoms with Crippen LogP contribution in [0.4, 0.5) is 0 Å².